The minimum Gasteiger partial charge on any atom is -0.355 e. The monoisotopic (exact) mass is 274 g/mol. The molecular weight excluding hydrogens is 248 g/mol. The van der Waals surface area contributed by atoms with Crippen LogP contribution in [-0.4, -0.2) is 55.2 Å². The summed E-state index contributed by atoms with van der Waals surface area (Å²) < 4.78 is 0. The summed E-state index contributed by atoms with van der Waals surface area (Å²) in [6.45, 7) is 9.11. The molecule has 4 nitrogen and oxygen atoms in total. The van der Waals surface area contributed by atoms with Crippen LogP contribution in [0.25, 0.3) is 0 Å². The van der Waals surface area contributed by atoms with E-state index in [1.807, 2.05) is 0 Å². The van der Waals surface area contributed by atoms with Gasteiger partial charge in [0.15, 0.2) is 0 Å². The van der Waals surface area contributed by atoms with Crippen LogP contribution >= 0.6 is 0 Å². The van der Waals surface area contributed by atoms with E-state index in [1.165, 1.54) is 45.4 Å². The van der Waals surface area contributed by atoms with Crippen molar-refractivity contribution in [2.75, 3.05) is 44.2 Å². The van der Waals surface area contributed by atoms with Crippen LogP contribution in [0.5, 0.6) is 0 Å². The average molecular weight is 274 g/mol. The van der Waals surface area contributed by atoms with Crippen molar-refractivity contribution in [3.05, 3.63) is 23.9 Å². The molecule has 2 aliphatic rings. The normalized spacial score (nSPS) is 22.8. The molecule has 0 aromatic carbocycles. The summed E-state index contributed by atoms with van der Waals surface area (Å²) in [6.07, 6.45) is 3.87. The number of aryl methyl sites for hydroxylation is 1. The van der Waals surface area contributed by atoms with Gasteiger partial charge in [-0.1, -0.05) is 6.07 Å². The number of piperidine rings is 1. The maximum Gasteiger partial charge on any atom is 0.128 e. The highest BCUT2D eigenvalue weighted by atomic mass is 15.3. The number of hydrogen-bond acceptors (Lipinski definition) is 4. The second-order valence-corrected chi connectivity index (χ2v) is 5.99. The van der Waals surface area contributed by atoms with E-state index >= 15 is 0 Å². The van der Waals surface area contributed by atoms with Crippen LogP contribution in [0.3, 0.4) is 0 Å². The molecule has 0 spiro atoms. The first-order valence-electron chi connectivity index (χ1n) is 7.96. The number of pyridine rings is 1. The van der Waals surface area contributed by atoms with Crippen molar-refractivity contribution in [3.8, 4) is 0 Å². The van der Waals surface area contributed by atoms with E-state index < -0.39 is 0 Å². The van der Waals surface area contributed by atoms with Crippen molar-refractivity contribution in [1.29, 1.82) is 0 Å². The highest BCUT2D eigenvalue weighted by molar-refractivity contribution is 5.39. The fourth-order valence-electron chi connectivity index (χ4n) is 3.41. The summed E-state index contributed by atoms with van der Waals surface area (Å²) in [5, 5.41) is 3.46. The number of anilines is 1. The summed E-state index contributed by atoms with van der Waals surface area (Å²) in [6, 6.07) is 7.13. The minimum atomic E-state index is 0.793. The lowest BCUT2D eigenvalue weighted by molar-refractivity contribution is 0.173. The Kier molecular flexibility index (Phi) is 4.53. The Bertz CT molecular complexity index is 428. The fraction of sp³-hybridized carbons (Fsp3) is 0.688. The third-order valence-electron chi connectivity index (χ3n) is 4.55. The standard InChI is InChI=1S/C16H26N4/c1-14-4-2-5-16(18-14)20-11-3-10-19(12-13-20)15-6-8-17-9-7-15/h2,4-5,15,17H,3,6-13H2,1H3. The Labute approximate surface area is 122 Å². The summed E-state index contributed by atoms with van der Waals surface area (Å²) in [5.41, 5.74) is 1.11. The molecule has 110 valence electrons. The zero-order valence-corrected chi connectivity index (χ0v) is 12.5. The first kappa shape index (κ1) is 13.8. The van der Waals surface area contributed by atoms with Gasteiger partial charge in [0.2, 0.25) is 0 Å². The molecule has 0 atom stereocenters. The van der Waals surface area contributed by atoms with E-state index in [0.29, 0.717) is 0 Å². The van der Waals surface area contributed by atoms with Crippen molar-refractivity contribution < 1.29 is 0 Å². The van der Waals surface area contributed by atoms with E-state index in [0.717, 1.165) is 30.6 Å². The Morgan fingerprint density at radius 3 is 2.75 bits per heavy atom. The van der Waals surface area contributed by atoms with Gasteiger partial charge >= 0.3 is 0 Å². The molecule has 3 heterocycles. The topological polar surface area (TPSA) is 31.4 Å². The molecule has 0 amide bonds. The molecule has 1 N–H and O–H groups in total. The summed E-state index contributed by atoms with van der Waals surface area (Å²) in [4.78, 5) is 9.83. The van der Waals surface area contributed by atoms with Crippen LogP contribution in [0, 0.1) is 6.92 Å². The Morgan fingerprint density at radius 2 is 1.95 bits per heavy atom. The van der Waals surface area contributed by atoms with Gasteiger partial charge in [0.25, 0.3) is 0 Å². The second kappa shape index (κ2) is 6.55. The number of hydrogen-bond donors (Lipinski definition) is 1. The van der Waals surface area contributed by atoms with Crippen molar-refractivity contribution in [2.45, 2.75) is 32.2 Å². The molecule has 2 aliphatic heterocycles. The Hall–Kier alpha value is -1.13. The fourth-order valence-corrected chi connectivity index (χ4v) is 3.41. The molecule has 2 saturated heterocycles. The molecule has 1 aromatic heterocycles. The molecule has 20 heavy (non-hydrogen) atoms. The van der Waals surface area contributed by atoms with Gasteiger partial charge < -0.3 is 10.2 Å². The van der Waals surface area contributed by atoms with Crippen LogP contribution in [0.2, 0.25) is 0 Å². The van der Waals surface area contributed by atoms with E-state index in [4.69, 9.17) is 0 Å². The van der Waals surface area contributed by atoms with Crippen LogP contribution < -0.4 is 10.2 Å². The van der Waals surface area contributed by atoms with Crippen LogP contribution in [-0.2, 0) is 0 Å². The number of aromatic nitrogens is 1. The molecule has 3 rings (SSSR count). The third kappa shape index (κ3) is 3.30. The largest absolute Gasteiger partial charge is 0.355 e. The summed E-state index contributed by atoms with van der Waals surface area (Å²) in [5.74, 6) is 1.15. The zero-order chi connectivity index (χ0) is 13.8. The maximum absolute atomic E-state index is 4.67. The van der Waals surface area contributed by atoms with Gasteiger partial charge in [0.1, 0.15) is 5.82 Å². The van der Waals surface area contributed by atoms with Gasteiger partial charge in [-0.2, -0.15) is 0 Å². The Morgan fingerprint density at radius 1 is 1.10 bits per heavy atom. The lowest BCUT2D eigenvalue weighted by atomic mass is 10.0. The van der Waals surface area contributed by atoms with Crippen molar-refractivity contribution >= 4 is 5.82 Å². The van der Waals surface area contributed by atoms with Crippen molar-refractivity contribution in [2.24, 2.45) is 0 Å². The van der Waals surface area contributed by atoms with Crippen molar-refractivity contribution in [1.82, 2.24) is 15.2 Å². The summed E-state index contributed by atoms with van der Waals surface area (Å²) >= 11 is 0. The van der Waals surface area contributed by atoms with E-state index in [9.17, 15) is 0 Å². The van der Waals surface area contributed by atoms with Crippen LogP contribution in [0.15, 0.2) is 18.2 Å². The zero-order valence-electron chi connectivity index (χ0n) is 12.5. The van der Waals surface area contributed by atoms with E-state index in [-0.39, 0.29) is 0 Å². The van der Waals surface area contributed by atoms with Gasteiger partial charge in [-0.05, 0) is 51.4 Å². The van der Waals surface area contributed by atoms with Crippen LogP contribution in [0.4, 0.5) is 5.82 Å². The van der Waals surface area contributed by atoms with Gasteiger partial charge in [0.05, 0.1) is 0 Å². The smallest absolute Gasteiger partial charge is 0.128 e. The quantitative estimate of drug-likeness (QED) is 0.888. The van der Waals surface area contributed by atoms with E-state index in [1.54, 1.807) is 0 Å². The van der Waals surface area contributed by atoms with Crippen LogP contribution in [0.1, 0.15) is 25.0 Å². The first-order chi connectivity index (χ1) is 9.83. The molecule has 0 aliphatic carbocycles. The lowest BCUT2D eigenvalue weighted by Gasteiger charge is -2.33. The predicted molar refractivity (Wildman–Crippen MR) is 83.3 cm³/mol. The molecule has 1 aromatic rings. The van der Waals surface area contributed by atoms with Gasteiger partial charge in [-0.3, -0.25) is 4.90 Å². The second-order valence-electron chi connectivity index (χ2n) is 5.99. The SMILES string of the molecule is Cc1cccc(N2CCCN(C3CCNCC3)CC2)n1. The number of nitrogens with zero attached hydrogens (tertiary/aromatic N) is 3. The molecule has 2 fully saturated rings. The maximum atomic E-state index is 4.67. The lowest BCUT2D eigenvalue weighted by Crippen LogP contribution is -2.44. The Balaban J connectivity index is 1.61. The summed E-state index contributed by atoms with van der Waals surface area (Å²) in [7, 11) is 0. The molecule has 4 heteroatoms. The third-order valence-corrected chi connectivity index (χ3v) is 4.55. The van der Waals surface area contributed by atoms with Gasteiger partial charge in [-0.15, -0.1) is 0 Å². The van der Waals surface area contributed by atoms with Gasteiger partial charge in [-0.25, -0.2) is 4.98 Å². The van der Waals surface area contributed by atoms with E-state index in [2.05, 4.69) is 45.2 Å². The molecular formula is C16H26N4. The molecule has 0 saturated carbocycles. The highest BCUT2D eigenvalue weighted by Crippen LogP contribution is 2.18. The highest BCUT2D eigenvalue weighted by Gasteiger charge is 2.23. The average Bonchev–Trinajstić information content (AvgIpc) is 2.74. The molecule has 0 unspecified atom stereocenters. The molecule has 0 radical (unpaired) electrons. The number of rotatable bonds is 2. The van der Waals surface area contributed by atoms with Crippen molar-refractivity contribution in [3.63, 3.8) is 0 Å². The first-order valence-corrected chi connectivity index (χ1v) is 7.96. The predicted octanol–water partition coefficient (Wildman–Crippen LogP) is 1.65. The van der Waals surface area contributed by atoms with Gasteiger partial charge in [0, 0.05) is 37.9 Å². The molecule has 0 bridgehead atoms. The minimum absolute atomic E-state index is 0.793. The number of nitrogens with one attached hydrogen (secondary N) is 1.